The summed E-state index contributed by atoms with van der Waals surface area (Å²) in [5.41, 5.74) is 1.79. The summed E-state index contributed by atoms with van der Waals surface area (Å²) in [5, 5.41) is 0. The molecule has 0 aromatic heterocycles. The Balaban J connectivity index is 2.09. The second-order valence-corrected chi connectivity index (χ2v) is 8.07. The molecule has 0 saturated carbocycles. The second kappa shape index (κ2) is 12.1. The Labute approximate surface area is 214 Å². The summed E-state index contributed by atoms with van der Waals surface area (Å²) in [6.45, 7) is 5.73. The predicted molar refractivity (Wildman–Crippen MR) is 130 cm³/mol. The number of methoxy groups -OCH3 is 1. The lowest BCUT2D eigenvalue weighted by molar-refractivity contribution is -0.142. The first-order chi connectivity index (χ1) is 17.6. The summed E-state index contributed by atoms with van der Waals surface area (Å²) < 4.78 is 32.5. The largest absolute Gasteiger partial charge is 0.493 e. The first-order valence-corrected chi connectivity index (χ1v) is 11.5. The van der Waals surface area contributed by atoms with Crippen molar-refractivity contribution < 1.29 is 47.6 Å². The molecular weight excluding hydrogens is 484 g/mol. The van der Waals surface area contributed by atoms with Crippen molar-refractivity contribution in [3.63, 3.8) is 0 Å². The van der Waals surface area contributed by atoms with Gasteiger partial charge in [-0.15, -0.1) is 0 Å². The number of hydrogen-bond donors (Lipinski definition) is 0. The molecule has 0 amide bonds. The van der Waals surface area contributed by atoms with Gasteiger partial charge >= 0.3 is 23.9 Å². The van der Waals surface area contributed by atoms with Gasteiger partial charge in [0.2, 0.25) is 0 Å². The van der Waals surface area contributed by atoms with Gasteiger partial charge in [-0.1, -0.05) is 6.07 Å². The molecule has 1 aliphatic rings. The van der Waals surface area contributed by atoms with Crippen LogP contribution in [0.3, 0.4) is 0 Å². The van der Waals surface area contributed by atoms with E-state index in [0.29, 0.717) is 28.2 Å². The summed E-state index contributed by atoms with van der Waals surface area (Å²) in [5.74, 6) is -1.59. The van der Waals surface area contributed by atoms with Gasteiger partial charge in [-0.2, -0.15) is 0 Å². The van der Waals surface area contributed by atoms with Crippen LogP contribution in [0.2, 0.25) is 0 Å². The average molecular weight is 513 g/mol. The van der Waals surface area contributed by atoms with Crippen LogP contribution in [-0.2, 0) is 28.7 Å². The normalized spacial score (nSPS) is 15.9. The Morgan fingerprint density at radius 3 is 2.22 bits per heavy atom. The fourth-order valence-corrected chi connectivity index (χ4v) is 3.89. The zero-order valence-electron chi connectivity index (χ0n) is 21.2. The van der Waals surface area contributed by atoms with Crippen LogP contribution >= 0.6 is 0 Å². The van der Waals surface area contributed by atoms with E-state index in [4.69, 9.17) is 28.4 Å². The molecule has 0 saturated heterocycles. The Morgan fingerprint density at radius 2 is 1.59 bits per heavy atom. The standard InChI is InChI=1S/C27H28O10/c1-6-33-25(31)10-7-18-11-20-21(14-34-15(2)28)26(37-27(20)24(12-18)36-17(4)30)19-8-9-22(35-16(3)29)23(13-19)32-5/h7-13,21,26H,6,14H2,1-5H3/b10-7+/t21-,26+/m1/s1. The Kier molecular flexibility index (Phi) is 8.89. The average Bonchev–Trinajstić information content (AvgIpc) is 3.20. The highest BCUT2D eigenvalue weighted by molar-refractivity contribution is 5.87. The smallest absolute Gasteiger partial charge is 0.330 e. The summed E-state index contributed by atoms with van der Waals surface area (Å²) in [4.78, 5) is 46.8. The maximum absolute atomic E-state index is 11.8. The third kappa shape index (κ3) is 6.87. The fraction of sp³-hybridized carbons (Fsp3) is 0.333. The highest BCUT2D eigenvalue weighted by Crippen LogP contribution is 2.52. The van der Waals surface area contributed by atoms with Crippen molar-refractivity contribution in [2.24, 2.45) is 0 Å². The van der Waals surface area contributed by atoms with E-state index in [1.165, 1.54) is 40.0 Å². The van der Waals surface area contributed by atoms with Crippen LogP contribution in [0.15, 0.2) is 36.4 Å². The fourth-order valence-electron chi connectivity index (χ4n) is 3.89. The van der Waals surface area contributed by atoms with Gasteiger partial charge in [-0.05, 0) is 48.4 Å². The van der Waals surface area contributed by atoms with Crippen LogP contribution in [-0.4, -0.2) is 44.2 Å². The molecule has 2 atom stereocenters. The number of hydrogen-bond acceptors (Lipinski definition) is 10. The lowest BCUT2D eigenvalue weighted by Crippen LogP contribution is -2.17. The van der Waals surface area contributed by atoms with Gasteiger partial charge in [0.15, 0.2) is 23.0 Å². The zero-order chi connectivity index (χ0) is 27.1. The van der Waals surface area contributed by atoms with Gasteiger partial charge in [0, 0.05) is 32.4 Å². The molecule has 0 unspecified atom stereocenters. The number of benzene rings is 2. The topological polar surface area (TPSA) is 124 Å². The van der Waals surface area contributed by atoms with E-state index in [0.717, 1.165) is 0 Å². The van der Waals surface area contributed by atoms with Crippen molar-refractivity contribution in [2.45, 2.75) is 39.7 Å². The van der Waals surface area contributed by atoms with Crippen LogP contribution in [0.4, 0.5) is 0 Å². The highest BCUT2D eigenvalue weighted by atomic mass is 16.6. The maximum Gasteiger partial charge on any atom is 0.330 e. The molecule has 37 heavy (non-hydrogen) atoms. The first-order valence-electron chi connectivity index (χ1n) is 11.5. The van der Waals surface area contributed by atoms with Crippen molar-refractivity contribution in [3.8, 4) is 23.0 Å². The van der Waals surface area contributed by atoms with Gasteiger partial charge in [-0.3, -0.25) is 14.4 Å². The van der Waals surface area contributed by atoms with Gasteiger partial charge < -0.3 is 28.4 Å². The molecular formula is C27H28O10. The molecule has 3 rings (SSSR count). The van der Waals surface area contributed by atoms with Crippen molar-refractivity contribution in [1.82, 2.24) is 0 Å². The highest BCUT2D eigenvalue weighted by Gasteiger charge is 2.39. The number of rotatable bonds is 9. The monoisotopic (exact) mass is 512 g/mol. The van der Waals surface area contributed by atoms with Crippen molar-refractivity contribution >= 4 is 30.0 Å². The Hall–Kier alpha value is -4.34. The lowest BCUT2D eigenvalue weighted by atomic mass is 9.90. The molecule has 0 bridgehead atoms. The minimum atomic E-state index is -0.673. The van der Waals surface area contributed by atoms with E-state index in [1.54, 1.807) is 37.3 Å². The SMILES string of the molecule is CCOC(=O)/C=C/c1cc(OC(C)=O)c2c(c1)[C@@H](COC(C)=O)[C@H](c1ccc(OC(C)=O)c(OC)c1)O2. The molecule has 10 heteroatoms. The van der Waals surface area contributed by atoms with E-state index < -0.39 is 35.9 Å². The summed E-state index contributed by atoms with van der Waals surface area (Å²) >= 11 is 0. The van der Waals surface area contributed by atoms with Gasteiger partial charge in [-0.25, -0.2) is 4.79 Å². The van der Waals surface area contributed by atoms with Crippen molar-refractivity contribution in [2.75, 3.05) is 20.3 Å². The number of esters is 4. The number of carbonyl (C=O) groups is 4. The molecule has 0 N–H and O–H groups in total. The summed E-state index contributed by atoms with van der Waals surface area (Å²) in [6.07, 6.45) is 2.11. The summed E-state index contributed by atoms with van der Waals surface area (Å²) in [6, 6.07) is 8.25. The Bertz CT molecular complexity index is 1230. The molecule has 0 spiro atoms. The molecule has 10 nitrogen and oxygen atoms in total. The van der Waals surface area contributed by atoms with Crippen LogP contribution in [0.1, 0.15) is 56.4 Å². The molecule has 1 heterocycles. The van der Waals surface area contributed by atoms with E-state index >= 15 is 0 Å². The van der Waals surface area contributed by atoms with Gasteiger partial charge in [0.25, 0.3) is 0 Å². The third-order valence-electron chi connectivity index (χ3n) is 5.30. The van der Waals surface area contributed by atoms with Crippen LogP contribution in [0.25, 0.3) is 6.08 Å². The van der Waals surface area contributed by atoms with E-state index in [1.807, 2.05) is 0 Å². The number of carbonyl (C=O) groups excluding carboxylic acids is 4. The quantitative estimate of drug-likeness (QED) is 0.278. The third-order valence-corrected chi connectivity index (χ3v) is 5.30. The molecule has 196 valence electrons. The van der Waals surface area contributed by atoms with Gasteiger partial charge in [0.1, 0.15) is 12.7 Å². The molecule has 0 fully saturated rings. The van der Waals surface area contributed by atoms with Crippen LogP contribution in [0.5, 0.6) is 23.0 Å². The molecule has 0 radical (unpaired) electrons. The molecule has 2 aromatic carbocycles. The predicted octanol–water partition coefficient (Wildman–Crippen LogP) is 3.90. The minimum Gasteiger partial charge on any atom is -0.493 e. The zero-order valence-corrected chi connectivity index (χ0v) is 21.2. The first kappa shape index (κ1) is 27.3. The van der Waals surface area contributed by atoms with E-state index in [2.05, 4.69) is 0 Å². The van der Waals surface area contributed by atoms with E-state index in [-0.39, 0.29) is 24.7 Å². The lowest BCUT2D eigenvalue weighted by Gasteiger charge is -2.20. The minimum absolute atomic E-state index is 0.0361. The van der Waals surface area contributed by atoms with Crippen molar-refractivity contribution in [1.29, 1.82) is 0 Å². The summed E-state index contributed by atoms with van der Waals surface area (Å²) in [7, 11) is 1.44. The number of ether oxygens (including phenoxy) is 6. The number of fused-ring (bicyclic) bond motifs is 1. The molecule has 0 aliphatic carbocycles. The Morgan fingerprint density at radius 1 is 0.892 bits per heavy atom. The van der Waals surface area contributed by atoms with Crippen LogP contribution < -0.4 is 18.9 Å². The molecule has 1 aliphatic heterocycles. The van der Waals surface area contributed by atoms with Crippen LogP contribution in [0, 0.1) is 0 Å². The van der Waals surface area contributed by atoms with E-state index in [9.17, 15) is 19.2 Å². The van der Waals surface area contributed by atoms with Gasteiger partial charge in [0.05, 0.1) is 19.6 Å². The maximum atomic E-state index is 11.8. The molecule has 2 aromatic rings. The second-order valence-electron chi connectivity index (χ2n) is 8.07. The van der Waals surface area contributed by atoms with Crippen molar-refractivity contribution in [3.05, 3.63) is 53.1 Å².